The van der Waals surface area contributed by atoms with Crippen molar-refractivity contribution in [2.75, 3.05) is 5.32 Å². The first-order valence-electron chi connectivity index (χ1n) is 10.5. The number of aromatic nitrogens is 1. The van der Waals surface area contributed by atoms with Crippen molar-refractivity contribution in [3.8, 4) is 0 Å². The average Bonchev–Trinajstić information content (AvgIpc) is 3.15. The summed E-state index contributed by atoms with van der Waals surface area (Å²) in [6, 6.07) is 22.0. The Hall–Kier alpha value is -4.37. The Morgan fingerprint density at radius 2 is 1.88 bits per heavy atom. The Morgan fingerprint density at radius 3 is 2.71 bits per heavy atom. The van der Waals surface area contributed by atoms with Crippen molar-refractivity contribution in [3.63, 3.8) is 0 Å². The molecule has 1 aliphatic heterocycles. The first-order chi connectivity index (χ1) is 16.5. The first kappa shape index (κ1) is 21.5. The molecule has 0 saturated heterocycles. The van der Waals surface area contributed by atoms with Gasteiger partial charge >= 0.3 is 0 Å². The highest BCUT2D eigenvalue weighted by Crippen LogP contribution is 2.25. The molecule has 1 atom stereocenters. The van der Waals surface area contributed by atoms with Crippen LogP contribution >= 0.6 is 11.3 Å². The van der Waals surface area contributed by atoms with Crippen molar-refractivity contribution >= 4 is 50.8 Å². The number of carbonyl (C=O) groups excluding carboxylic acids is 1. The molecule has 0 aliphatic carbocycles. The zero-order valence-corrected chi connectivity index (χ0v) is 19.0. The van der Waals surface area contributed by atoms with Crippen LogP contribution in [-0.2, 0) is 9.53 Å². The van der Waals surface area contributed by atoms with Crippen LogP contribution in [0.1, 0.15) is 21.7 Å². The maximum Gasteiger partial charge on any atom is 0.291 e. The number of aliphatic imine (C=N–C) groups is 2. The Morgan fingerprint density at radius 1 is 1.12 bits per heavy atom. The van der Waals surface area contributed by atoms with E-state index in [9.17, 15) is 4.79 Å². The number of ether oxygens (including phenoxy) is 1. The van der Waals surface area contributed by atoms with Crippen molar-refractivity contribution in [1.82, 2.24) is 4.98 Å². The summed E-state index contributed by atoms with van der Waals surface area (Å²) in [7, 11) is 0. The second kappa shape index (κ2) is 8.87. The molecule has 5 rings (SSSR count). The number of thiazole rings is 1. The molecule has 3 aromatic carbocycles. The van der Waals surface area contributed by atoms with Crippen LogP contribution in [0.5, 0.6) is 0 Å². The van der Waals surface area contributed by atoms with Crippen molar-refractivity contribution in [2.45, 2.75) is 13.1 Å². The number of amides is 1. The third kappa shape index (κ3) is 4.28. The third-order valence-electron chi connectivity index (χ3n) is 5.19. The standard InChI is InChI=1S/C25H20N6O2S/c1-14-28-19-12-11-16(13-20(19)34-14)22(26)33-25(27)31-23-24(32)29-18-10-6-5-9-17(18)21(30-23)15-7-3-2-4-8-15/h2-13,23,26H,1H3,(H2,27,31)(H,29,32). The number of anilines is 1. The number of nitrogens with zero attached hydrogens (tertiary/aromatic N) is 3. The molecule has 1 aromatic heterocycles. The summed E-state index contributed by atoms with van der Waals surface area (Å²) in [5.41, 5.74) is 10.2. The van der Waals surface area contributed by atoms with Gasteiger partial charge in [0.2, 0.25) is 12.1 Å². The second-order valence-electron chi connectivity index (χ2n) is 7.57. The quantitative estimate of drug-likeness (QED) is 0.309. The van der Waals surface area contributed by atoms with Crippen LogP contribution in [0.2, 0.25) is 0 Å². The SMILES string of the molecule is Cc1nc2ccc(C(=N)OC(N)=NC3N=C(c4ccccc4)c4ccccc4NC3=O)cc2s1. The van der Waals surface area contributed by atoms with Crippen molar-refractivity contribution in [2.24, 2.45) is 15.7 Å². The fraction of sp³-hybridized carbons (Fsp3) is 0.0800. The summed E-state index contributed by atoms with van der Waals surface area (Å²) < 4.78 is 6.39. The number of amidine groups is 1. The monoisotopic (exact) mass is 468 g/mol. The topological polar surface area (TPSA) is 126 Å². The molecule has 0 saturated carbocycles. The summed E-state index contributed by atoms with van der Waals surface area (Å²) in [4.78, 5) is 26.1. The van der Waals surface area contributed by atoms with E-state index in [2.05, 4.69) is 20.3 Å². The van der Waals surface area contributed by atoms with Gasteiger partial charge in [0.1, 0.15) is 0 Å². The van der Waals surface area contributed by atoms with Gasteiger partial charge in [-0.2, -0.15) is 4.99 Å². The number of fused-ring (bicyclic) bond motifs is 2. The predicted molar refractivity (Wildman–Crippen MR) is 135 cm³/mol. The van der Waals surface area contributed by atoms with Crippen LogP contribution in [0.25, 0.3) is 10.2 Å². The van der Waals surface area contributed by atoms with Gasteiger partial charge < -0.3 is 15.8 Å². The van der Waals surface area contributed by atoms with E-state index in [-0.39, 0.29) is 11.9 Å². The summed E-state index contributed by atoms with van der Waals surface area (Å²) in [6.45, 7) is 1.93. The van der Waals surface area contributed by atoms with Crippen LogP contribution < -0.4 is 11.1 Å². The lowest BCUT2D eigenvalue weighted by Crippen LogP contribution is -2.29. The Balaban J connectivity index is 1.45. The van der Waals surface area contributed by atoms with Gasteiger partial charge in [-0.1, -0.05) is 48.5 Å². The first-order valence-corrected chi connectivity index (χ1v) is 11.3. The minimum Gasteiger partial charge on any atom is -0.407 e. The zero-order chi connectivity index (χ0) is 23.7. The molecule has 0 radical (unpaired) electrons. The lowest BCUT2D eigenvalue weighted by molar-refractivity contribution is -0.117. The fourth-order valence-electron chi connectivity index (χ4n) is 3.65. The summed E-state index contributed by atoms with van der Waals surface area (Å²) in [5, 5.41) is 12.1. The highest BCUT2D eigenvalue weighted by Gasteiger charge is 2.26. The van der Waals surface area contributed by atoms with Gasteiger partial charge in [-0.25, -0.2) is 9.98 Å². The third-order valence-corrected chi connectivity index (χ3v) is 6.12. The number of benzodiazepines with no additional fused rings is 1. The van der Waals surface area contributed by atoms with Crippen molar-refractivity contribution in [3.05, 3.63) is 94.5 Å². The molecule has 0 spiro atoms. The summed E-state index contributed by atoms with van der Waals surface area (Å²) in [5.74, 6) is -0.628. The maximum atomic E-state index is 12.9. The molecule has 1 unspecified atom stereocenters. The van der Waals surface area contributed by atoms with Crippen molar-refractivity contribution in [1.29, 1.82) is 5.41 Å². The summed E-state index contributed by atoms with van der Waals surface area (Å²) in [6.07, 6.45) is -1.18. The number of nitrogens with one attached hydrogen (secondary N) is 2. The van der Waals surface area contributed by atoms with Gasteiger partial charge in [0.05, 0.1) is 26.6 Å². The molecule has 0 bridgehead atoms. The van der Waals surface area contributed by atoms with Crippen LogP contribution in [0.3, 0.4) is 0 Å². The molecule has 2 heterocycles. The van der Waals surface area contributed by atoms with E-state index in [1.165, 1.54) is 11.3 Å². The van der Waals surface area contributed by atoms with Gasteiger partial charge in [-0.3, -0.25) is 10.2 Å². The van der Waals surface area contributed by atoms with E-state index in [1.54, 1.807) is 6.07 Å². The highest BCUT2D eigenvalue weighted by molar-refractivity contribution is 7.18. The molecule has 34 heavy (non-hydrogen) atoms. The average molecular weight is 469 g/mol. The second-order valence-corrected chi connectivity index (χ2v) is 8.80. The van der Waals surface area contributed by atoms with Gasteiger partial charge in [0.15, 0.2) is 0 Å². The molecule has 4 N–H and O–H groups in total. The molecule has 9 heteroatoms. The zero-order valence-electron chi connectivity index (χ0n) is 18.1. The molecule has 4 aromatic rings. The number of para-hydroxylation sites is 1. The van der Waals surface area contributed by atoms with Crippen molar-refractivity contribution < 1.29 is 9.53 Å². The Bertz CT molecular complexity index is 1480. The van der Waals surface area contributed by atoms with E-state index >= 15 is 0 Å². The normalized spacial score (nSPS) is 15.8. The molecule has 1 amide bonds. The Labute approximate surface area is 199 Å². The number of hydrogen-bond acceptors (Lipinski definition) is 7. The van der Waals surface area contributed by atoms with Gasteiger partial charge in [-0.05, 0) is 31.2 Å². The van der Waals surface area contributed by atoms with E-state index in [4.69, 9.17) is 15.9 Å². The lowest BCUT2D eigenvalue weighted by atomic mass is 10.0. The number of nitrogens with two attached hydrogens (primary N) is 1. The minimum atomic E-state index is -1.18. The number of benzene rings is 3. The molecule has 1 aliphatic rings. The van der Waals surface area contributed by atoms with Crippen LogP contribution in [-0.4, -0.2) is 34.7 Å². The lowest BCUT2D eigenvalue weighted by Gasteiger charge is -2.10. The Kier molecular flexibility index (Phi) is 5.60. The predicted octanol–water partition coefficient (Wildman–Crippen LogP) is 4.08. The van der Waals surface area contributed by atoms with E-state index in [1.807, 2.05) is 73.7 Å². The maximum absolute atomic E-state index is 12.9. The molecule has 8 nitrogen and oxygen atoms in total. The smallest absolute Gasteiger partial charge is 0.291 e. The molecular weight excluding hydrogens is 448 g/mol. The van der Waals surface area contributed by atoms with E-state index in [0.717, 1.165) is 26.4 Å². The van der Waals surface area contributed by atoms with Gasteiger partial charge in [0.25, 0.3) is 11.9 Å². The minimum absolute atomic E-state index is 0.182. The number of rotatable bonds is 3. The number of carbonyl (C=O) groups is 1. The molecular formula is C25H20N6O2S. The number of hydrogen-bond donors (Lipinski definition) is 3. The van der Waals surface area contributed by atoms with Gasteiger partial charge in [-0.15, -0.1) is 11.3 Å². The van der Waals surface area contributed by atoms with Crippen LogP contribution in [0.15, 0.2) is 82.8 Å². The number of aryl methyl sites for hydroxylation is 1. The van der Waals surface area contributed by atoms with E-state index < -0.39 is 12.1 Å². The van der Waals surface area contributed by atoms with Crippen LogP contribution in [0, 0.1) is 12.3 Å². The van der Waals surface area contributed by atoms with Crippen LogP contribution in [0.4, 0.5) is 5.69 Å². The summed E-state index contributed by atoms with van der Waals surface area (Å²) >= 11 is 1.53. The highest BCUT2D eigenvalue weighted by atomic mass is 32.1. The molecule has 168 valence electrons. The van der Waals surface area contributed by atoms with E-state index in [0.29, 0.717) is 17.0 Å². The fourth-order valence-corrected chi connectivity index (χ4v) is 4.52. The van der Waals surface area contributed by atoms with Gasteiger partial charge in [0, 0.05) is 16.7 Å². The largest absolute Gasteiger partial charge is 0.407 e. The molecule has 0 fully saturated rings.